The Morgan fingerprint density at radius 2 is 2.10 bits per heavy atom. The molecule has 54 valence electrons. The van der Waals surface area contributed by atoms with Crippen LogP contribution in [0.15, 0.2) is 24.5 Å². The van der Waals surface area contributed by atoms with Gasteiger partial charge < -0.3 is 4.90 Å². The molecule has 0 saturated heterocycles. The smallest absolute Gasteiger partial charge is 0.192 e. The van der Waals surface area contributed by atoms with E-state index in [4.69, 9.17) is 0 Å². The summed E-state index contributed by atoms with van der Waals surface area (Å²) in [6.07, 6.45) is 4.10. The van der Waals surface area contributed by atoms with Gasteiger partial charge in [-0.3, -0.25) is 0 Å². The van der Waals surface area contributed by atoms with Crippen LogP contribution in [0.4, 0.5) is 5.69 Å². The number of hydrogen-bond acceptors (Lipinski definition) is 1. The van der Waals surface area contributed by atoms with Crippen LogP contribution in [0.2, 0.25) is 0 Å². The van der Waals surface area contributed by atoms with Crippen molar-refractivity contribution >= 4 is 5.69 Å². The summed E-state index contributed by atoms with van der Waals surface area (Å²) in [6.45, 7) is 0. The van der Waals surface area contributed by atoms with Crippen LogP contribution in [-0.2, 0) is 7.05 Å². The highest BCUT2D eigenvalue weighted by Crippen LogP contribution is 2.04. The number of rotatable bonds is 1. The lowest BCUT2D eigenvalue weighted by molar-refractivity contribution is -0.670. The molecule has 0 aliphatic rings. The molecule has 0 aliphatic heterocycles. The van der Waals surface area contributed by atoms with Crippen LogP contribution in [0, 0.1) is 0 Å². The minimum atomic E-state index is 1.23. The molecule has 0 unspecified atom stereocenters. The summed E-state index contributed by atoms with van der Waals surface area (Å²) >= 11 is 0. The maximum atomic E-state index is 2.08. The average Bonchev–Trinajstić information content (AvgIpc) is 1.88. The molecule has 0 amide bonds. The van der Waals surface area contributed by atoms with E-state index in [1.165, 1.54) is 5.69 Å². The maximum Gasteiger partial charge on any atom is 0.192 e. The molecule has 0 N–H and O–H groups in total. The average molecular weight is 137 g/mol. The second-order valence-corrected chi connectivity index (χ2v) is 2.62. The Morgan fingerprint density at radius 1 is 1.40 bits per heavy atom. The fraction of sp³-hybridized carbons (Fsp3) is 0.375. The number of hydrogen-bond donors (Lipinski definition) is 0. The van der Waals surface area contributed by atoms with Crippen molar-refractivity contribution in [2.75, 3.05) is 19.0 Å². The van der Waals surface area contributed by atoms with E-state index in [9.17, 15) is 0 Å². The van der Waals surface area contributed by atoms with Crippen LogP contribution in [0.1, 0.15) is 0 Å². The van der Waals surface area contributed by atoms with Crippen LogP contribution in [-0.4, -0.2) is 14.1 Å². The number of nitrogens with zero attached hydrogens (tertiary/aromatic N) is 2. The van der Waals surface area contributed by atoms with Crippen molar-refractivity contribution in [2.24, 2.45) is 7.05 Å². The van der Waals surface area contributed by atoms with Crippen LogP contribution in [0.3, 0.4) is 0 Å². The molecular weight excluding hydrogens is 124 g/mol. The highest BCUT2D eigenvalue weighted by molar-refractivity contribution is 5.39. The van der Waals surface area contributed by atoms with Crippen LogP contribution in [0.5, 0.6) is 0 Å². The van der Waals surface area contributed by atoms with Gasteiger partial charge in [0.15, 0.2) is 12.4 Å². The Labute approximate surface area is 61.7 Å². The molecule has 2 heteroatoms. The molecule has 0 radical (unpaired) electrons. The first-order valence-electron chi connectivity index (χ1n) is 3.33. The normalized spacial score (nSPS) is 9.50. The number of aromatic nitrogens is 1. The minimum Gasteiger partial charge on any atom is -0.373 e. The Balaban J connectivity index is 2.96. The first-order valence-corrected chi connectivity index (χ1v) is 3.33. The first kappa shape index (κ1) is 7.06. The molecular formula is C8H13N2+. The highest BCUT2D eigenvalue weighted by atomic mass is 15.1. The van der Waals surface area contributed by atoms with Gasteiger partial charge in [-0.2, -0.15) is 0 Å². The molecule has 0 spiro atoms. The van der Waals surface area contributed by atoms with E-state index in [0.717, 1.165) is 0 Å². The molecule has 1 rings (SSSR count). The summed E-state index contributed by atoms with van der Waals surface area (Å²) in [6, 6.07) is 4.12. The lowest BCUT2D eigenvalue weighted by Gasteiger charge is -2.08. The van der Waals surface area contributed by atoms with Gasteiger partial charge in [-0.25, -0.2) is 4.57 Å². The van der Waals surface area contributed by atoms with Crippen molar-refractivity contribution in [3.63, 3.8) is 0 Å². The standard InChI is InChI=1S/C8H13N2/c1-9(2)8-5-4-6-10(3)7-8/h4-7H,1-3H3/q+1. The molecule has 0 fully saturated rings. The van der Waals surface area contributed by atoms with Crippen LogP contribution in [0.25, 0.3) is 0 Å². The van der Waals surface area contributed by atoms with Crippen molar-refractivity contribution in [3.05, 3.63) is 24.5 Å². The second kappa shape index (κ2) is 2.69. The lowest BCUT2D eigenvalue weighted by Crippen LogP contribution is -2.27. The van der Waals surface area contributed by atoms with Gasteiger partial charge in [-0.05, 0) is 6.07 Å². The van der Waals surface area contributed by atoms with E-state index in [-0.39, 0.29) is 0 Å². The number of pyridine rings is 1. The summed E-state index contributed by atoms with van der Waals surface area (Å²) in [5, 5.41) is 0. The number of anilines is 1. The zero-order valence-corrected chi connectivity index (χ0v) is 6.70. The van der Waals surface area contributed by atoms with Crippen LogP contribution < -0.4 is 9.47 Å². The Hall–Kier alpha value is -1.05. The lowest BCUT2D eigenvalue weighted by atomic mass is 10.4. The summed E-state index contributed by atoms with van der Waals surface area (Å²) in [7, 11) is 6.09. The molecule has 1 aromatic heterocycles. The number of aryl methyl sites for hydroxylation is 1. The molecule has 0 saturated carbocycles. The van der Waals surface area contributed by atoms with E-state index in [1.54, 1.807) is 0 Å². The van der Waals surface area contributed by atoms with E-state index >= 15 is 0 Å². The van der Waals surface area contributed by atoms with Crippen molar-refractivity contribution in [3.8, 4) is 0 Å². The maximum absolute atomic E-state index is 2.08. The molecule has 2 nitrogen and oxygen atoms in total. The second-order valence-electron chi connectivity index (χ2n) is 2.62. The first-order chi connectivity index (χ1) is 4.70. The largest absolute Gasteiger partial charge is 0.373 e. The molecule has 0 bridgehead atoms. The van der Waals surface area contributed by atoms with Gasteiger partial charge >= 0.3 is 0 Å². The minimum absolute atomic E-state index is 1.23. The summed E-state index contributed by atoms with van der Waals surface area (Å²) < 4.78 is 2.04. The van der Waals surface area contributed by atoms with Crippen LogP contribution >= 0.6 is 0 Å². The quantitative estimate of drug-likeness (QED) is 0.513. The fourth-order valence-electron chi connectivity index (χ4n) is 0.837. The molecule has 1 heterocycles. The molecule has 0 aliphatic carbocycles. The Bertz CT molecular complexity index is 218. The predicted octanol–water partition coefficient (Wildman–Crippen LogP) is 0.577. The third kappa shape index (κ3) is 1.47. The molecule has 10 heavy (non-hydrogen) atoms. The van der Waals surface area contributed by atoms with E-state index in [2.05, 4.69) is 17.2 Å². The fourth-order valence-corrected chi connectivity index (χ4v) is 0.837. The molecule has 0 atom stereocenters. The van der Waals surface area contributed by atoms with E-state index in [1.807, 2.05) is 38.0 Å². The third-order valence-electron chi connectivity index (χ3n) is 1.44. The van der Waals surface area contributed by atoms with E-state index < -0.39 is 0 Å². The highest BCUT2D eigenvalue weighted by Gasteiger charge is 1.97. The van der Waals surface area contributed by atoms with Crippen molar-refractivity contribution in [2.45, 2.75) is 0 Å². The summed E-state index contributed by atoms with van der Waals surface area (Å²) in [5.41, 5.74) is 1.23. The van der Waals surface area contributed by atoms with Crippen molar-refractivity contribution in [1.82, 2.24) is 0 Å². The van der Waals surface area contributed by atoms with E-state index in [0.29, 0.717) is 0 Å². The third-order valence-corrected chi connectivity index (χ3v) is 1.44. The van der Waals surface area contributed by atoms with Gasteiger partial charge in [0.2, 0.25) is 0 Å². The SMILES string of the molecule is CN(C)c1ccc[n+](C)c1. The Kier molecular flexibility index (Phi) is 1.90. The molecule has 1 aromatic rings. The monoisotopic (exact) mass is 137 g/mol. The predicted molar refractivity (Wildman–Crippen MR) is 41.9 cm³/mol. The van der Waals surface area contributed by atoms with Crippen molar-refractivity contribution < 1.29 is 4.57 Å². The van der Waals surface area contributed by atoms with Gasteiger partial charge in [0, 0.05) is 20.2 Å². The summed E-state index contributed by atoms with van der Waals surface area (Å²) in [5.74, 6) is 0. The van der Waals surface area contributed by atoms with Gasteiger partial charge in [-0.15, -0.1) is 0 Å². The van der Waals surface area contributed by atoms with Crippen molar-refractivity contribution in [1.29, 1.82) is 0 Å². The zero-order valence-electron chi connectivity index (χ0n) is 6.70. The van der Waals surface area contributed by atoms with Gasteiger partial charge in [-0.1, -0.05) is 0 Å². The topological polar surface area (TPSA) is 7.12 Å². The Morgan fingerprint density at radius 3 is 2.50 bits per heavy atom. The zero-order chi connectivity index (χ0) is 7.56. The molecule has 0 aromatic carbocycles. The summed E-state index contributed by atoms with van der Waals surface area (Å²) in [4.78, 5) is 2.08. The van der Waals surface area contributed by atoms with Gasteiger partial charge in [0.25, 0.3) is 0 Å². The van der Waals surface area contributed by atoms with Gasteiger partial charge in [0.1, 0.15) is 12.7 Å². The van der Waals surface area contributed by atoms with Gasteiger partial charge in [0.05, 0.1) is 0 Å².